The Balaban J connectivity index is 1.04. The van der Waals surface area contributed by atoms with Gasteiger partial charge >= 0.3 is 6.09 Å². The van der Waals surface area contributed by atoms with Crippen LogP contribution in [0.1, 0.15) is 42.9 Å². The highest BCUT2D eigenvalue weighted by Crippen LogP contribution is 2.34. The van der Waals surface area contributed by atoms with Gasteiger partial charge in [0.2, 0.25) is 0 Å². The zero-order chi connectivity index (χ0) is 22.5. The van der Waals surface area contributed by atoms with E-state index in [1.165, 1.54) is 5.56 Å². The molecule has 0 aliphatic carbocycles. The molecule has 1 amide bonds. The van der Waals surface area contributed by atoms with Gasteiger partial charge in [0.05, 0.1) is 6.10 Å². The van der Waals surface area contributed by atoms with Crippen LogP contribution in [0.25, 0.3) is 0 Å². The first-order valence-electron chi connectivity index (χ1n) is 11.8. The molecule has 1 aromatic heterocycles. The molecule has 2 atom stereocenters. The molecule has 1 aromatic carbocycles. The molecule has 176 valence electrons. The van der Waals surface area contributed by atoms with E-state index >= 15 is 0 Å². The summed E-state index contributed by atoms with van der Waals surface area (Å²) in [6, 6.07) is 12.2. The molecule has 0 radical (unpaired) electrons. The predicted octanol–water partition coefficient (Wildman–Crippen LogP) is 3.46. The number of alkyl carbamates (subject to hydrolysis) is 1. The van der Waals surface area contributed by atoms with E-state index in [1.54, 1.807) is 6.20 Å². The fourth-order valence-electron chi connectivity index (χ4n) is 4.55. The van der Waals surface area contributed by atoms with Crippen LogP contribution in [0.5, 0.6) is 11.6 Å². The average molecular weight is 454 g/mol. The van der Waals surface area contributed by atoms with Crippen molar-refractivity contribution in [2.24, 2.45) is 0 Å². The van der Waals surface area contributed by atoms with Crippen LogP contribution in [0.3, 0.4) is 0 Å². The molecule has 1 N–H and O–H groups in total. The van der Waals surface area contributed by atoms with Gasteiger partial charge in [-0.2, -0.15) is 0 Å². The van der Waals surface area contributed by atoms with Crippen LogP contribution in [-0.4, -0.2) is 61.0 Å². The van der Waals surface area contributed by atoms with Gasteiger partial charge in [-0.15, -0.1) is 0 Å². The summed E-state index contributed by atoms with van der Waals surface area (Å²) >= 11 is 0. The van der Waals surface area contributed by atoms with E-state index in [9.17, 15) is 4.79 Å². The van der Waals surface area contributed by atoms with E-state index < -0.39 is 0 Å². The van der Waals surface area contributed by atoms with Crippen molar-refractivity contribution in [1.82, 2.24) is 15.2 Å². The molecule has 2 aromatic rings. The molecule has 2 saturated heterocycles. The highest BCUT2D eigenvalue weighted by molar-refractivity contribution is 5.67. The number of carbonyl (C=O) groups excluding carboxylic acids is 1. The lowest BCUT2D eigenvalue weighted by Gasteiger charge is -2.31. The monoisotopic (exact) mass is 453 g/mol. The molecule has 2 fully saturated rings. The number of hydrogen-bond acceptors (Lipinski definition) is 7. The number of ether oxygens (including phenoxy) is 4. The van der Waals surface area contributed by atoms with Gasteiger partial charge in [0.1, 0.15) is 12.7 Å². The van der Waals surface area contributed by atoms with Gasteiger partial charge in [-0.05, 0) is 48.9 Å². The molecular weight excluding hydrogens is 422 g/mol. The predicted molar refractivity (Wildman–Crippen MR) is 121 cm³/mol. The van der Waals surface area contributed by atoms with E-state index in [0.29, 0.717) is 24.8 Å². The van der Waals surface area contributed by atoms with Crippen molar-refractivity contribution in [3.8, 4) is 11.6 Å². The van der Waals surface area contributed by atoms with Gasteiger partial charge < -0.3 is 24.3 Å². The van der Waals surface area contributed by atoms with Crippen LogP contribution >= 0.6 is 0 Å². The van der Waals surface area contributed by atoms with Gasteiger partial charge in [0.15, 0.2) is 11.9 Å². The van der Waals surface area contributed by atoms with E-state index in [-0.39, 0.29) is 24.4 Å². The zero-order valence-corrected chi connectivity index (χ0v) is 18.8. The molecule has 5 rings (SSSR count). The molecule has 0 saturated carbocycles. The van der Waals surface area contributed by atoms with Crippen LogP contribution in [0, 0.1) is 0 Å². The Bertz CT molecular complexity index is 924. The Labute approximate surface area is 194 Å². The summed E-state index contributed by atoms with van der Waals surface area (Å²) in [5.41, 5.74) is 2.33. The van der Waals surface area contributed by atoms with Gasteiger partial charge in [0.25, 0.3) is 5.88 Å². The Kier molecular flexibility index (Phi) is 6.92. The van der Waals surface area contributed by atoms with E-state index in [0.717, 1.165) is 57.5 Å². The van der Waals surface area contributed by atoms with Crippen LogP contribution < -0.4 is 14.8 Å². The molecule has 0 unspecified atom stereocenters. The summed E-state index contributed by atoms with van der Waals surface area (Å²) in [4.78, 5) is 18.7. The van der Waals surface area contributed by atoms with Crippen molar-refractivity contribution in [3.63, 3.8) is 0 Å². The molecule has 4 heterocycles. The maximum Gasteiger partial charge on any atom is 0.407 e. The lowest BCUT2D eigenvalue weighted by molar-refractivity contribution is 0.0446. The van der Waals surface area contributed by atoms with E-state index in [1.807, 2.05) is 12.1 Å². The Morgan fingerprint density at radius 3 is 2.79 bits per heavy atom. The van der Waals surface area contributed by atoms with Crippen LogP contribution in [0.15, 0.2) is 42.6 Å². The SMILES string of the molecule is O=C(NC[C@@H]1CCCO1)OC1CCN(Cc2ccc([C@H]3COc4cccnc4O3)cc2)CC1. The zero-order valence-electron chi connectivity index (χ0n) is 18.8. The van der Waals surface area contributed by atoms with Gasteiger partial charge in [0, 0.05) is 39.0 Å². The number of likely N-dealkylation sites (tertiary alicyclic amines) is 1. The first-order valence-corrected chi connectivity index (χ1v) is 11.8. The first-order chi connectivity index (χ1) is 16.2. The second kappa shape index (κ2) is 10.4. The van der Waals surface area contributed by atoms with Crippen LogP contribution in [0.2, 0.25) is 0 Å². The highest BCUT2D eigenvalue weighted by atomic mass is 16.6. The topological polar surface area (TPSA) is 82.2 Å². The van der Waals surface area contributed by atoms with Crippen LogP contribution in [-0.2, 0) is 16.0 Å². The average Bonchev–Trinajstić information content (AvgIpc) is 3.38. The molecular formula is C25H31N3O5. The molecule has 0 spiro atoms. The number of carbonyl (C=O) groups is 1. The smallest absolute Gasteiger partial charge is 0.407 e. The number of hydrogen-bond donors (Lipinski definition) is 1. The number of pyridine rings is 1. The number of nitrogens with one attached hydrogen (secondary N) is 1. The number of nitrogens with zero attached hydrogens (tertiary/aromatic N) is 2. The summed E-state index contributed by atoms with van der Waals surface area (Å²) in [5, 5.41) is 2.84. The molecule has 3 aliphatic rings. The first kappa shape index (κ1) is 22.0. The number of fused-ring (bicyclic) bond motifs is 1. The van der Waals surface area contributed by atoms with E-state index in [4.69, 9.17) is 18.9 Å². The van der Waals surface area contributed by atoms with E-state index in [2.05, 4.69) is 39.5 Å². The minimum absolute atomic E-state index is 0.0203. The van der Waals surface area contributed by atoms with Crippen molar-refractivity contribution in [2.45, 2.75) is 50.5 Å². The normalized spacial score (nSPS) is 23.3. The maximum atomic E-state index is 12.0. The Morgan fingerprint density at radius 2 is 2.00 bits per heavy atom. The van der Waals surface area contributed by atoms with Crippen molar-refractivity contribution >= 4 is 6.09 Å². The summed E-state index contributed by atoms with van der Waals surface area (Å²) in [7, 11) is 0. The number of rotatable bonds is 6. The number of piperidine rings is 1. The number of amides is 1. The van der Waals surface area contributed by atoms with Gasteiger partial charge in [-0.1, -0.05) is 24.3 Å². The Morgan fingerprint density at radius 1 is 1.15 bits per heavy atom. The fourth-order valence-corrected chi connectivity index (χ4v) is 4.55. The quantitative estimate of drug-likeness (QED) is 0.717. The fraction of sp³-hybridized carbons (Fsp3) is 0.520. The second-order valence-electron chi connectivity index (χ2n) is 8.86. The third-order valence-corrected chi connectivity index (χ3v) is 6.44. The Hall–Kier alpha value is -2.84. The van der Waals surface area contributed by atoms with Gasteiger partial charge in [-0.3, -0.25) is 4.90 Å². The highest BCUT2D eigenvalue weighted by Gasteiger charge is 2.25. The summed E-state index contributed by atoms with van der Waals surface area (Å²) in [5.74, 6) is 1.24. The lowest BCUT2D eigenvalue weighted by Crippen LogP contribution is -2.40. The van der Waals surface area contributed by atoms with Crippen molar-refractivity contribution in [3.05, 3.63) is 53.7 Å². The third-order valence-electron chi connectivity index (χ3n) is 6.44. The van der Waals surface area contributed by atoms with Crippen molar-refractivity contribution < 1.29 is 23.7 Å². The summed E-state index contributed by atoms with van der Waals surface area (Å²) < 4.78 is 22.9. The van der Waals surface area contributed by atoms with Crippen LogP contribution in [0.4, 0.5) is 4.79 Å². The lowest BCUT2D eigenvalue weighted by atomic mass is 10.0. The molecule has 3 aliphatic heterocycles. The largest absolute Gasteiger partial charge is 0.484 e. The van der Waals surface area contributed by atoms with Crippen molar-refractivity contribution in [2.75, 3.05) is 32.8 Å². The summed E-state index contributed by atoms with van der Waals surface area (Å²) in [6.07, 6.45) is 5.12. The second-order valence-corrected chi connectivity index (χ2v) is 8.86. The number of aromatic nitrogens is 1. The molecule has 33 heavy (non-hydrogen) atoms. The minimum Gasteiger partial charge on any atom is -0.484 e. The minimum atomic E-state index is -0.328. The third kappa shape index (κ3) is 5.75. The molecule has 8 nitrogen and oxygen atoms in total. The standard InChI is InChI=1S/C25H31N3O5/c29-25(27-15-21-3-2-14-30-21)32-20-9-12-28(13-10-20)16-18-5-7-19(8-6-18)23-17-31-22-4-1-11-26-24(22)33-23/h1,4-8,11,20-21,23H,2-3,9-10,12-17H2,(H,27,29)/t21-,23+/m0/s1. The summed E-state index contributed by atoms with van der Waals surface area (Å²) in [6.45, 7) is 4.50. The van der Waals surface area contributed by atoms with Crippen molar-refractivity contribution in [1.29, 1.82) is 0 Å². The maximum absolute atomic E-state index is 12.0. The number of benzene rings is 1. The molecule has 0 bridgehead atoms. The molecule has 8 heteroatoms. The van der Waals surface area contributed by atoms with Gasteiger partial charge in [-0.25, -0.2) is 9.78 Å².